The molecule has 1 aliphatic rings. The number of carbonyl (C=O) groups is 2. The lowest BCUT2D eigenvalue weighted by Gasteiger charge is -2.33. The van der Waals surface area contributed by atoms with E-state index < -0.39 is 23.5 Å². The number of urea groups is 1. The molecular formula is C17H23FN2O4. The van der Waals surface area contributed by atoms with Gasteiger partial charge in [0.1, 0.15) is 5.82 Å². The first-order valence-electron chi connectivity index (χ1n) is 8.07. The van der Waals surface area contributed by atoms with Crippen molar-refractivity contribution in [3.05, 3.63) is 35.6 Å². The van der Waals surface area contributed by atoms with Gasteiger partial charge in [-0.25, -0.2) is 9.18 Å². The van der Waals surface area contributed by atoms with Gasteiger partial charge in [0.05, 0.1) is 12.5 Å². The maximum atomic E-state index is 13.0. The fourth-order valence-corrected chi connectivity index (χ4v) is 3.21. The van der Waals surface area contributed by atoms with Crippen LogP contribution in [0.15, 0.2) is 24.3 Å². The summed E-state index contributed by atoms with van der Waals surface area (Å²) in [5.41, 5.74) is 0.424. The molecule has 1 saturated carbocycles. The molecule has 0 radical (unpaired) electrons. The molecule has 0 spiro atoms. The number of nitrogens with one attached hydrogen (secondary N) is 2. The van der Waals surface area contributed by atoms with E-state index in [4.69, 9.17) is 5.11 Å². The van der Waals surface area contributed by atoms with E-state index in [1.54, 1.807) is 12.1 Å². The predicted octanol–water partition coefficient (Wildman–Crippen LogP) is 1.67. The van der Waals surface area contributed by atoms with Crippen LogP contribution < -0.4 is 10.6 Å². The molecule has 4 N–H and O–H groups in total. The van der Waals surface area contributed by atoms with Gasteiger partial charge in [0.15, 0.2) is 0 Å². The first kappa shape index (κ1) is 18.2. The van der Waals surface area contributed by atoms with Crippen LogP contribution in [0.5, 0.6) is 0 Å². The van der Waals surface area contributed by atoms with E-state index in [1.807, 2.05) is 0 Å². The Morgan fingerprint density at radius 1 is 1.25 bits per heavy atom. The molecule has 132 valence electrons. The standard InChI is InChI=1S/C17H23FN2O4/c18-13-5-3-12(4-6-13)10-17(8-1-2-14(17)21)11-20-16(24)19-9-7-15(22)23/h3-6,14,21H,1-2,7-11H2,(H,22,23)(H2,19,20,24). The van der Waals surface area contributed by atoms with Crippen molar-refractivity contribution in [3.8, 4) is 0 Å². The predicted molar refractivity (Wildman–Crippen MR) is 86.0 cm³/mol. The molecule has 2 amide bonds. The van der Waals surface area contributed by atoms with Gasteiger partial charge in [-0.2, -0.15) is 0 Å². The second-order valence-electron chi connectivity index (χ2n) is 6.33. The molecule has 0 aromatic heterocycles. The Balaban J connectivity index is 1.94. The summed E-state index contributed by atoms with van der Waals surface area (Å²) in [6.07, 6.45) is 2.16. The Kier molecular flexibility index (Phi) is 6.14. The quantitative estimate of drug-likeness (QED) is 0.608. The average Bonchev–Trinajstić information content (AvgIpc) is 2.88. The number of hydrogen-bond donors (Lipinski definition) is 4. The van der Waals surface area contributed by atoms with Gasteiger partial charge in [0, 0.05) is 18.5 Å². The average molecular weight is 338 g/mol. The number of aliphatic carboxylic acids is 1. The Morgan fingerprint density at radius 2 is 1.96 bits per heavy atom. The Bertz CT molecular complexity index is 578. The molecule has 7 heteroatoms. The third kappa shape index (κ3) is 4.92. The second-order valence-corrected chi connectivity index (χ2v) is 6.33. The fraction of sp³-hybridized carbons (Fsp3) is 0.529. The number of hydrogen-bond acceptors (Lipinski definition) is 3. The number of rotatable bonds is 7. The number of aliphatic hydroxyl groups is 1. The molecule has 1 fully saturated rings. The van der Waals surface area contributed by atoms with Crippen molar-refractivity contribution in [2.75, 3.05) is 13.1 Å². The maximum absolute atomic E-state index is 13.0. The van der Waals surface area contributed by atoms with Crippen LogP contribution in [0, 0.1) is 11.2 Å². The Labute approximate surface area is 140 Å². The zero-order chi connectivity index (χ0) is 17.6. The molecular weight excluding hydrogens is 315 g/mol. The Hall–Kier alpha value is -2.15. The molecule has 1 aromatic carbocycles. The number of carboxylic acid groups (broad SMARTS) is 1. The molecule has 6 nitrogen and oxygen atoms in total. The third-order valence-electron chi connectivity index (χ3n) is 4.55. The van der Waals surface area contributed by atoms with E-state index >= 15 is 0 Å². The van der Waals surface area contributed by atoms with Crippen molar-refractivity contribution in [3.63, 3.8) is 0 Å². The minimum Gasteiger partial charge on any atom is -0.481 e. The zero-order valence-electron chi connectivity index (χ0n) is 13.4. The van der Waals surface area contributed by atoms with Gasteiger partial charge in [-0.15, -0.1) is 0 Å². The fourth-order valence-electron chi connectivity index (χ4n) is 3.21. The highest BCUT2D eigenvalue weighted by Gasteiger charge is 2.42. The molecule has 0 saturated heterocycles. The van der Waals surface area contributed by atoms with Crippen molar-refractivity contribution < 1.29 is 24.2 Å². The number of amides is 2. The summed E-state index contributed by atoms with van der Waals surface area (Å²) in [5.74, 6) is -1.29. The highest BCUT2D eigenvalue weighted by atomic mass is 19.1. The van der Waals surface area contributed by atoms with Crippen LogP contribution in [-0.4, -0.2) is 41.4 Å². The number of carboxylic acids is 1. The topological polar surface area (TPSA) is 98.7 Å². The van der Waals surface area contributed by atoms with E-state index in [1.165, 1.54) is 12.1 Å². The van der Waals surface area contributed by atoms with E-state index in [2.05, 4.69) is 10.6 Å². The molecule has 2 atom stereocenters. The third-order valence-corrected chi connectivity index (χ3v) is 4.55. The molecule has 0 heterocycles. The van der Waals surface area contributed by atoms with Gasteiger partial charge in [0.25, 0.3) is 0 Å². The van der Waals surface area contributed by atoms with Crippen LogP contribution in [0.2, 0.25) is 0 Å². The zero-order valence-corrected chi connectivity index (χ0v) is 13.4. The van der Waals surface area contributed by atoms with E-state index in [9.17, 15) is 19.1 Å². The van der Waals surface area contributed by atoms with Crippen LogP contribution in [0.3, 0.4) is 0 Å². The number of aliphatic hydroxyl groups excluding tert-OH is 1. The summed E-state index contributed by atoms with van der Waals surface area (Å²) in [6.45, 7) is 0.332. The summed E-state index contributed by atoms with van der Waals surface area (Å²) in [6, 6.07) is 5.70. The van der Waals surface area contributed by atoms with Gasteiger partial charge in [-0.3, -0.25) is 4.79 Å². The number of benzene rings is 1. The summed E-state index contributed by atoms with van der Waals surface area (Å²) < 4.78 is 13.0. The molecule has 24 heavy (non-hydrogen) atoms. The number of halogens is 1. The van der Waals surface area contributed by atoms with Gasteiger partial charge in [0.2, 0.25) is 0 Å². The highest BCUT2D eigenvalue weighted by molar-refractivity contribution is 5.75. The van der Waals surface area contributed by atoms with Crippen LogP contribution in [-0.2, 0) is 11.2 Å². The minimum absolute atomic E-state index is 0.0503. The lowest BCUT2D eigenvalue weighted by Crippen LogP contribution is -2.47. The smallest absolute Gasteiger partial charge is 0.314 e. The molecule has 2 rings (SSSR count). The lowest BCUT2D eigenvalue weighted by atomic mass is 9.78. The first-order valence-corrected chi connectivity index (χ1v) is 8.07. The molecule has 0 aliphatic heterocycles. The normalized spacial score (nSPS) is 23.0. The highest BCUT2D eigenvalue weighted by Crippen LogP contribution is 2.40. The monoisotopic (exact) mass is 338 g/mol. The van der Waals surface area contributed by atoms with Crippen LogP contribution in [0.4, 0.5) is 9.18 Å². The van der Waals surface area contributed by atoms with Gasteiger partial charge in [-0.05, 0) is 37.0 Å². The van der Waals surface area contributed by atoms with Gasteiger partial charge < -0.3 is 20.8 Å². The summed E-state index contributed by atoms with van der Waals surface area (Å²) >= 11 is 0. The SMILES string of the molecule is O=C(O)CCNC(=O)NCC1(Cc2ccc(F)cc2)CCCC1O. The molecule has 1 aromatic rings. The van der Waals surface area contributed by atoms with Crippen molar-refractivity contribution in [2.24, 2.45) is 5.41 Å². The van der Waals surface area contributed by atoms with Gasteiger partial charge >= 0.3 is 12.0 Å². The molecule has 0 bridgehead atoms. The van der Waals surface area contributed by atoms with Crippen molar-refractivity contribution in [2.45, 2.75) is 38.2 Å². The molecule has 2 unspecified atom stereocenters. The van der Waals surface area contributed by atoms with E-state index in [0.29, 0.717) is 12.8 Å². The summed E-state index contributed by atoms with van der Waals surface area (Å²) in [5, 5.41) is 24.2. The lowest BCUT2D eigenvalue weighted by molar-refractivity contribution is -0.136. The van der Waals surface area contributed by atoms with Crippen molar-refractivity contribution in [1.29, 1.82) is 0 Å². The minimum atomic E-state index is -0.978. The number of carbonyl (C=O) groups excluding carboxylic acids is 1. The van der Waals surface area contributed by atoms with Crippen molar-refractivity contribution >= 4 is 12.0 Å². The van der Waals surface area contributed by atoms with Crippen LogP contribution >= 0.6 is 0 Å². The first-order chi connectivity index (χ1) is 11.4. The van der Waals surface area contributed by atoms with Crippen molar-refractivity contribution in [1.82, 2.24) is 10.6 Å². The second kappa shape index (κ2) is 8.10. The van der Waals surface area contributed by atoms with Gasteiger partial charge in [-0.1, -0.05) is 18.6 Å². The van der Waals surface area contributed by atoms with E-state index in [-0.39, 0.29) is 25.3 Å². The Morgan fingerprint density at radius 3 is 2.54 bits per heavy atom. The maximum Gasteiger partial charge on any atom is 0.314 e. The van der Waals surface area contributed by atoms with Crippen LogP contribution in [0.1, 0.15) is 31.2 Å². The van der Waals surface area contributed by atoms with E-state index in [0.717, 1.165) is 18.4 Å². The molecule has 1 aliphatic carbocycles. The summed E-state index contributed by atoms with van der Waals surface area (Å²) in [4.78, 5) is 22.2. The summed E-state index contributed by atoms with van der Waals surface area (Å²) in [7, 11) is 0. The van der Waals surface area contributed by atoms with Crippen LogP contribution in [0.25, 0.3) is 0 Å². The largest absolute Gasteiger partial charge is 0.481 e.